The molecule has 2 aliphatic rings. The highest BCUT2D eigenvalue weighted by Crippen LogP contribution is 2.40. The molecule has 120 valence electrons. The number of alkyl halides is 3. The number of amides is 1. The summed E-state index contributed by atoms with van der Waals surface area (Å²) in [5, 5.41) is 2.46. The number of halogens is 3. The van der Waals surface area contributed by atoms with Crippen LogP contribution < -0.4 is 5.32 Å². The van der Waals surface area contributed by atoms with E-state index in [2.05, 4.69) is 15.3 Å². The first kappa shape index (κ1) is 15.2. The van der Waals surface area contributed by atoms with Gasteiger partial charge in [-0.2, -0.15) is 13.2 Å². The van der Waals surface area contributed by atoms with Crippen molar-refractivity contribution >= 4 is 11.9 Å². The van der Waals surface area contributed by atoms with Gasteiger partial charge in [0.1, 0.15) is 5.41 Å². The molecule has 1 aromatic heterocycles. The largest absolute Gasteiger partial charge is 0.419 e. The summed E-state index contributed by atoms with van der Waals surface area (Å²) in [6.07, 6.45) is -2.36. The van der Waals surface area contributed by atoms with Gasteiger partial charge in [0.15, 0.2) is 0 Å². The van der Waals surface area contributed by atoms with Crippen molar-refractivity contribution in [3.05, 3.63) is 18.0 Å². The molecule has 2 atom stereocenters. The highest BCUT2D eigenvalue weighted by atomic mass is 19.4. The molecule has 0 radical (unpaired) electrons. The lowest BCUT2D eigenvalue weighted by Crippen LogP contribution is -2.49. The Morgan fingerprint density at radius 2 is 2.05 bits per heavy atom. The fourth-order valence-electron chi connectivity index (χ4n) is 2.76. The molecule has 6 nitrogen and oxygen atoms in total. The van der Waals surface area contributed by atoms with E-state index in [0.717, 1.165) is 0 Å². The van der Waals surface area contributed by atoms with Crippen molar-refractivity contribution in [2.24, 2.45) is 5.41 Å². The topological polar surface area (TPSA) is 73.3 Å². The molecular formula is C13H14F3N3O3. The SMILES string of the molecule is O=C(Nc1ncc(C(F)(F)F)cn1)C12CCOC1CCOC2. The van der Waals surface area contributed by atoms with E-state index in [0.29, 0.717) is 38.4 Å². The van der Waals surface area contributed by atoms with E-state index in [1.54, 1.807) is 0 Å². The molecular weight excluding hydrogens is 303 g/mol. The first-order valence-electron chi connectivity index (χ1n) is 6.82. The Bertz CT molecular complexity index is 564. The van der Waals surface area contributed by atoms with Crippen LogP contribution in [0.2, 0.25) is 0 Å². The average molecular weight is 317 g/mol. The van der Waals surface area contributed by atoms with Crippen LogP contribution in [0.1, 0.15) is 18.4 Å². The molecule has 0 aliphatic carbocycles. The standard InChI is InChI=1S/C13H14F3N3O3/c14-13(15,16)8-5-17-11(18-6-8)19-10(20)12-2-4-22-9(12)1-3-21-7-12/h5-6,9H,1-4,7H2,(H,17,18,19,20). The van der Waals surface area contributed by atoms with E-state index in [9.17, 15) is 18.0 Å². The second-order valence-electron chi connectivity index (χ2n) is 5.35. The molecule has 22 heavy (non-hydrogen) atoms. The maximum absolute atomic E-state index is 12.5. The number of carbonyl (C=O) groups excluding carboxylic acids is 1. The third-order valence-electron chi connectivity index (χ3n) is 4.02. The van der Waals surface area contributed by atoms with Crippen LogP contribution in [0.25, 0.3) is 0 Å². The lowest BCUT2D eigenvalue weighted by Gasteiger charge is -2.35. The molecule has 0 aromatic carbocycles. The highest BCUT2D eigenvalue weighted by molar-refractivity contribution is 5.94. The van der Waals surface area contributed by atoms with E-state index < -0.39 is 17.2 Å². The first-order chi connectivity index (χ1) is 10.4. The van der Waals surface area contributed by atoms with Gasteiger partial charge in [0.25, 0.3) is 0 Å². The number of hydrogen-bond donors (Lipinski definition) is 1. The number of fused-ring (bicyclic) bond motifs is 1. The zero-order valence-electron chi connectivity index (χ0n) is 11.5. The van der Waals surface area contributed by atoms with Gasteiger partial charge in [0.05, 0.1) is 18.3 Å². The van der Waals surface area contributed by atoms with Crippen LogP contribution in [-0.2, 0) is 20.4 Å². The highest BCUT2D eigenvalue weighted by Gasteiger charge is 2.52. The van der Waals surface area contributed by atoms with E-state index in [1.807, 2.05) is 0 Å². The van der Waals surface area contributed by atoms with Gasteiger partial charge < -0.3 is 9.47 Å². The summed E-state index contributed by atoms with van der Waals surface area (Å²) >= 11 is 0. The summed E-state index contributed by atoms with van der Waals surface area (Å²) in [7, 11) is 0. The van der Waals surface area contributed by atoms with Gasteiger partial charge in [-0.05, 0) is 12.8 Å². The monoisotopic (exact) mass is 317 g/mol. The van der Waals surface area contributed by atoms with Gasteiger partial charge in [0.2, 0.25) is 11.9 Å². The van der Waals surface area contributed by atoms with Crippen molar-refractivity contribution in [2.75, 3.05) is 25.1 Å². The molecule has 2 saturated heterocycles. The van der Waals surface area contributed by atoms with Crippen molar-refractivity contribution in [1.29, 1.82) is 0 Å². The van der Waals surface area contributed by atoms with Crippen molar-refractivity contribution in [2.45, 2.75) is 25.1 Å². The predicted octanol–water partition coefficient (Wildman–Crippen LogP) is 1.63. The second-order valence-corrected chi connectivity index (χ2v) is 5.35. The Hall–Kier alpha value is -1.74. The normalized spacial score (nSPS) is 28.2. The van der Waals surface area contributed by atoms with Gasteiger partial charge in [-0.15, -0.1) is 0 Å². The number of carbonyl (C=O) groups is 1. The van der Waals surface area contributed by atoms with Crippen LogP contribution in [0.4, 0.5) is 19.1 Å². The Labute approximate surface area is 124 Å². The van der Waals surface area contributed by atoms with Crippen molar-refractivity contribution in [3.63, 3.8) is 0 Å². The van der Waals surface area contributed by atoms with E-state index in [1.165, 1.54) is 0 Å². The number of ether oxygens (including phenoxy) is 2. The third-order valence-corrected chi connectivity index (χ3v) is 4.02. The summed E-state index contributed by atoms with van der Waals surface area (Å²) in [6, 6.07) is 0. The molecule has 1 amide bonds. The van der Waals surface area contributed by atoms with Gasteiger partial charge in [-0.3, -0.25) is 10.1 Å². The maximum Gasteiger partial charge on any atom is 0.419 e. The Kier molecular flexibility index (Phi) is 3.77. The molecule has 0 spiro atoms. The maximum atomic E-state index is 12.5. The van der Waals surface area contributed by atoms with Crippen LogP contribution in [0.5, 0.6) is 0 Å². The number of anilines is 1. The zero-order valence-corrected chi connectivity index (χ0v) is 11.5. The molecule has 3 heterocycles. The number of aromatic nitrogens is 2. The fourth-order valence-corrected chi connectivity index (χ4v) is 2.76. The molecule has 0 saturated carbocycles. The lowest BCUT2D eigenvalue weighted by atomic mass is 9.78. The number of nitrogens with one attached hydrogen (secondary N) is 1. The van der Waals surface area contributed by atoms with Crippen LogP contribution >= 0.6 is 0 Å². The van der Waals surface area contributed by atoms with Gasteiger partial charge in [-0.25, -0.2) is 9.97 Å². The van der Waals surface area contributed by atoms with E-state index in [4.69, 9.17) is 9.47 Å². The number of rotatable bonds is 2. The molecule has 2 fully saturated rings. The van der Waals surface area contributed by atoms with Gasteiger partial charge >= 0.3 is 6.18 Å². The zero-order chi connectivity index (χ0) is 15.8. The smallest absolute Gasteiger partial charge is 0.380 e. The van der Waals surface area contributed by atoms with Crippen LogP contribution in [-0.4, -0.2) is 41.8 Å². The van der Waals surface area contributed by atoms with Crippen LogP contribution in [0.15, 0.2) is 12.4 Å². The molecule has 2 unspecified atom stereocenters. The number of nitrogens with zero attached hydrogens (tertiary/aromatic N) is 2. The van der Waals surface area contributed by atoms with Gasteiger partial charge in [-0.1, -0.05) is 0 Å². The lowest BCUT2D eigenvalue weighted by molar-refractivity contribution is -0.141. The van der Waals surface area contributed by atoms with E-state index >= 15 is 0 Å². The van der Waals surface area contributed by atoms with Crippen LogP contribution in [0.3, 0.4) is 0 Å². The average Bonchev–Trinajstić information content (AvgIpc) is 2.92. The predicted molar refractivity (Wildman–Crippen MR) is 67.9 cm³/mol. The van der Waals surface area contributed by atoms with Gasteiger partial charge in [0, 0.05) is 25.6 Å². The first-order valence-corrected chi connectivity index (χ1v) is 6.82. The van der Waals surface area contributed by atoms with Crippen LogP contribution in [0, 0.1) is 5.41 Å². The molecule has 1 N–H and O–H groups in total. The Morgan fingerprint density at radius 3 is 2.73 bits per heavy atom. The van der Waals surface area contributed by atoms with Crippen molar-refractivity contribution in [3.8, 4) is 0 Å². The third kappa shape index (κ3) is 2.66. The molecule has 1 aromatic rings. The summed E-state index contributed by atoms with van der Waals surface area (Å²) in [6.45, 7) is 1.20. The Morgan fingerprint density at radius 1 is 1.32 bits per heavy atom. The molecule has 3 rings (SSSR count). The van der Waals surface area contributed by atoms with Crippen molar-refractivity contribution in [1.82, 2.24) is 9.97 Å². The summed E-state index contributed by atoms with van der Waals surface area (Å²) in [5.41, 5.74) is -1.78. The molecule has 0 bridgehead atoms. The minimum Gasteiger partial charge on any atom is -0.380 e. The molecule has 2 aliphatic heterocycles. The summed E-state index contributed by atoms with van der Waals surface area (Å²) < 4.78 is 48.3. The quantitative estimate of drug-likeness (QED) is 0.897. The van der Waals surface area contributed by atoms with E-state index in [-0.39, 0.29) is 24.6 Å². The summed E-state index contributed by atoms with van der Waals surface area (Å²) in [5.74, 6) is -0.543. The van der Waals surface area contributed by atoms with Crippen molar-refractivity contribution < 1.29 is 27.4 Å². The Balaban J connectivity index is 1.74. The number of hydrogen-bond acceptors (Lipinski definition) is 5. The fraction of sp³-hybridized carbons (Fsp3) is 0.615. The minimum absolute atomic E-state index is 0.163. The minimum atomic E-state index is -4.51. The summed E-state index contributed by atoms with van der Waals surface area (Å²) in [4.78, 5) is 19.6. The molecule has 9 heteroatoms. The second kappa shape index (κ2) is 5.47.